The van der Waals surface area contributed by atoms with Crippen LogP contribution in [0.25, 0.3) is 0 Å². The van der Waals surface area contributed by atoms with E-state index in [1.807, 2.05) is 0 Å². The van der Waals surface area contributed by atoms with Crippen LogP contribution >= 0.6 is 0 Å². The van der Waals surface area contributed by atoms with E-state index < -0.39 is 24.3 Å². The number of carbonyl (C=O) groups is 3. The van der Waals surface area contributed by atoms with Gasteiger partial charge in [-0.15, -0.1) is 0 Å². The summed E-state index contributed by atoms with van der Waals surface area (Å²) in [5, 5.41) is 0. The molecule has 1 aromatic rings. The second kappa shape index (κ2) is 5.65. The summed E-state index contributed by atoms with van der Waals surface area (Å²) in [5.41, 5.74) is 0.528. The van der Waals surface area contributed by atoms with Gasteiger partial charge in [0.1, 0.15) is 6.04 Å². The summed E-state index contributed by atoms with van der Waals surface area (Å²) in [6, 6.07) is 7.68. The van der Waals surface area contributed by atoms with Gasteiger partial charge in [-0.05, 0) is 5.56 Å². The number of Topliss-reactive ketones (excluding diaryl/α,β-unsaturated/α-hetero) is 1. The average Bonchev–Trinajstić information content (AvgIpc) is 2.87. The Bertz CT molecular complexity index is 531. The van der Waals surface area contributed by atoms with Crippen LogP contribution in [0.4, 0.5) is 0 Å². The summed E-state index contributed by atoms with van der Waals surface area (Å²) < 4.78 is 12.6. The number of likely N-dealkylation sites (tertiary alicyclic amines) is 1. The van der Waals surface area contributed by atoms with Gasteiger partial charge in [0.05, 0.1) is 20.1 Å². The SMILES string of the molecule is [2H]C(C(=O)N1CC(=O)C[C@H]1C(=O)OC)c1ccccc1. The number of benzene rings is 1. The Kier molecular flexibility index (Phi) is 3.54. The molecule has 5 heteroatoms. The molecule has 5 nitrogen and oxygen atoms in total. The van der Waals surface area contributed by atoms with Crippen LogP contribution in [0, 0.1) is 0 Å². The molecule has 0 bridgehead atoms. The third kappa shape index (κ3) is 2.99. The van der Waals surface area contributed by atoms with Gasteiger partial charge in [0, 0.05) is 7.79 Å². The topological polar surface area (TPSA) is 63.7 Å². The lowest BCUT2D eigenvalue weighted by Gasteiger charge is -2.21. The van der Waals surface area contributed by atoms with Crippen molar-refractivity contribution < 1.29 is 20.5 Å². The van der Waals surface area contributed by atoms with Crippen LogP contribution in [0.5, 0.6) is 0 Å². The van der Waals surface area contributed by atoms with Crippen molar-refractivity contribution in [3.63, 3.8) is 0 Å². The monoisotopic (exact) mass is 262 g/mol. The predicted octanol–water partition coefficient (Wildman–Crippen LogP) is 0.572. The Morgan fingerprint density at radius 1 is 1.42 bits per heavy atom. The van der Waals surface area contributed by atoms with Crippen molar-refractivity contribution in [2.24, 2.45) is 0 Å². The zero-order chi connectivity index (χ0) is 14.7. The van der Waals surface area contributed by atoms with E-state index in [9.17, 15) is 14.4 Å². The van der Waals surface area contributed by atoms with Crippen molar-refractivity contribution in [1.82, 2.24) is 4.90 Å². The van der Waals surface area contributed by atoms with Gasteiger partial charge in [0.2, 0.25) is 5.91 Å². The summed E-state index contributed by atoms with van der Waals surface area (Å²) in [4.78, 5) is 36.5. The summed E-state index contributed by atoms with van der Waals surface area (Å²) in [6.45, 7) is -0.138. The minimum atomic E-state index is -1.14. The van der Waals surface area contributed by atoms with Crippen molar-refractivity contribution in [3.8, 4) is 0 Å². The molecule has 1 aliphatic rings. The van der Waals surface area contributed by atoms with Gasteiger partial charge >= 0.3 is 5.97 Å². The van der Waals surface area contributed by atoms with E-state index in [1.54, 1.807) is 30.3 Å². The van der Waals surface area contributed by atoms with E-state index in [4.69, 9.17) is 1.37 Å². The lowest BCUT2D eigenvalue weighted by molar-refractivity contribution is -0.150. The number of ketones is 1. The first kappa shape index (κ1) is 11.9. The zero-order valence-electron chi connectivity index (χ0n) is 11.5. The van der Waals surface area contributed by atoms with Crippen LogP contribution in [-0.2, 0) is 25.5 Å². The largest absolute Gasteiger partial charge is 0.467 e. The highest BCUT2D eigenvalue weighted by Crippen LogP contribution is 2.17. The summed E-state index contributed by atoms with van der Waals surface area (Å²) in [5.74, 6) is -1.38. The van der Waals surface area contributed by atoms with Gasteiger partial charge in [-0.1, -0.05) is 30.3 Å². The fourth-order valence-corrected chi connectivity index (χ4v) is 2.04. The Morgan fingerprint density at radius 3 is 2.74 bits per heavy atom. The molecule has 1 fully saturated rings. The molecule has 0 spiro atoms. The summed E-state index contributed by atoms with van der Waals surface area (Å²) in [6.07, 6.45) is -1.19. The predicted molar refractivity (Wildman–Crippen MR) is 67.3 cm³/mol. The first-order valence-electron chi connectivity index (χ1n) is 6.49. The highest BCUT2D eigenvalue weighted by molar-refractivity contribution is 5.97. The smallest absolute Gasteiger partial charge is 0.329 e. The van der Waals surface area contributed by atoms with Crippen LogP contribution in [0.15, 0.2) is 30.3 Å². The summed E-state index contributed by atoms with van der Waals surface area (Å²) in [7, 11) is 1.21. The molecule has 0 radical (unpaired) electrons. The number of esters is 1. The van der Waals surface area contributed by atoms with Crippen molar-refractivity contribution in [2.45, 2.75) is 18.9 Å². The van der Waals surface area contributed by atoms with Crippen LogP contribution in [0.2, 0.25) is 0 Å². The number of hydrogen-bond donors (Lipinski definition) is 0. The van der Waals surface area contributed by atoms with Gasteiger partial charge in [-0.2, -0.15) is 0 Å². The number of hydrogen-bond acceptors (Lipinski definition) is 4. The number of methoxy groups -OCH3 is 1. The minimum absolute atomic E-state index is 0.0417. The molecule has 1 saturated heterocycles. The molecule has 0 aliphatic carbocycles. The maximum absolute atomic E-state index is 12.3. The van der Waals surface area contributed by atoms with Gasteiger partial charge in [0.15, 0.2) is 5.78 Å². The fourth-order valence-electron chi connectivity index (χ4n) is 2.04. The molecule has 0 N–H and O–H groups in total. The van der Waals surface area contributed by atoms with Crippen molar-refractivity contribution >= 4 is 17.7 Å². The number of carbonyl (C=O) groups excluding carboxylic acids is 3. The average molecular weight is 262 g/mol. The molecule has 1 heterocycles. The lowest BCUT2D eigenvalue weighted by Crippen LogP contribution is -2.41. The van der Waals surface area contributed by atoms with Crippen molar-refractivity contribution in [3.05, 3.63) is 35.9 Å². The Labute approximate surface area is 112 Å². The minimum Gasteiger partial charge on any atom is -0.467 e. The van der Waals surface area contributed by atoms with E-state index in [-0.39, 0.29) is 18.7 Å². The first-order valence-corrected chi connectivity index (χ1v) is 5.91. The van der Waals surface area contributed by atoms with Gasteiger partial charge in [0.25, 0.3) is 0 Å². The van der Waals surface area contributed by atoms with Gasteiger partial charge in [-0.25, -0.2) is 4.79 Å². The quantitative estimate of drug-likeness (QED) is 0.747. The third-order valence-electron chi connectivity index (χ3n) is 2.99. The molecule has 2 atom stereocenters. The van der Waals surface area contributed by atoms with Crippen LogP contribution in [0.3, 0.4) is 0 Å². The standard InChI is InChI=1S/C14H15NO4/c1-19-14(18)12-8-11(16)9-15(12)13(17)7-10-5-3-2-4-6-10/h2-6,12H,7-9H2,1H3/t12-/m0/s1/i7D/t7?,12-. The zero-order valence-corrected chi connectivity index (χ0v) is 10.5. The van der Waals surface area contributed by atoms with Crippen LogP contribution in [-0.4, -0.2) is 42.3 Å². The molecule has 19 heavy (non-hydrogen) atoms. The fraction of sp³-hybridized carbons (Fsp3) is 0.357. The van der Waals surface area contributed by atoms with E-state index in [0.29, 0.717) is 5.56 Å². The second-order valence-electron chi connectivity index (χ2n) is 4.30. The van der Waals surface area contributed by atoms with Gasteiger partial charge in [-0.3, -0.25) is 9.59 Å². The number of nitrogens with zero attached hydrogens (tertiary/aromatic N) is 1. The number of ether oxygens (including phenoxy) is 1. The molecule has 100 valence electrons. The number of rotatable bonds is 3. The van der Waals surface area contributed by atoms with Crippen molar-refractivity contribution in [2.75, 3.05) is 13.7 Å². The third-order valence-corrected chi connectivity index (χ3v) is 2.99. The summed E-state index contributed by atoms with van der Waals surface area (Å²) >= 11 is 0. The molecule has 1 unspecified atom stereocenters. The molecule has 1 amide bonds. The molecular weight excluding hydrogens is 246 g/mol. The maximum atomic E-state index is 12.3. The Morgan fingerprint density at radius 2 is 2.11 bits per heavy atom. The van der Waals surface area contributed by atoms with Crippen LogP contribution < -0.4 is 0 Å². The molecule has 0 aromatic heterocycles. The Balaban J connectivity index is 2.19. The van der Waals surface area contributed by atoms with Gasteiger partial charge < -0.3 is 9.64 Å². The van der Waals surface area contributed by atoms with E-state index in [0.717, 1.165) is 4.90 Å². The lowest BCUT2D eigenvalue weighted by atomic mass is 10.1. The first-order chi connectivity index (χ1) is 9.54. The molecule has 1 aliphatic heterocycles. The maximum Gasteiger partial charge on any atom is 0.329 e. The second-order valence-corrected chi connectivity index (χ2v) is 4.30. The van der Waals surface area contributed by atoms with E-state index in [2.05, 4.69) is 4.74 Å². The normalized spacial score (nSPS) is 20.9. The van der Waals surface area contributed by atoms with Crippen LogP contribution in [0.1, 0.15) is 13.4 Å². The highest BCUT2D eigenvalue weighted by atomic mass is 16.5. The molecule has 0 saturated carbocycles. The number of amides is 1. The highest BCUT2D eigenvalue weighted by Gasteiger charge is 2.39. The van der Waals surface area contributed by atoms with E-state index in [1.165, 1.54) is 7.11 Å². The Hall–Kier alpha value is -2.17. The molecular formula is C14H15NO4. The van der Waals surface area contributed by atoms with E-state index >= 15 is 0 Å². The van der Waals surface area contributed by atoms with Crippen molar-refractivity contribution in [1.29, 1.82) is 0 Å². The molecule has 1 aromatic carbocycles. The molecule has 2 rings (SSSR count).